The Morgan fingerprint density at radius 2 is 2.08 bits per heavy atom. The van der Waals surface area contributed by atoms with Crippen LogP contribution < -0.4 is 10.6 Å². The fourth-order valence-corrected chi connectivity index (χ4v) is 2.04. The van der Waals surface area contributed by atoms with Gasteiger partial charge in [0.05, 0.1) is 0 Å². The number of rotatable bonds is 6. The first-order valence-corrected chi connectivity index (χ1v) is 8.01. The van der Waals surface area contributed by atoms with Gasteiger partial charge in [0.15, 0.2) is 11.8 Å². The summed E-state index contributed by atoms with van der Waals surface area (Å²) in [7, 11) is 1.69. The van der Waals surface area contributed by atoms with Gasteiger partial charge in [-0.15, -0.1) is 24.0 Å². The number of nitrogens with zero attached hydrogens (tertiary/aromatic N) is 3. The summed E-state index contributed by atoms with van der Waals surface area (Å²) in [6.07, 6.45) is 0.611. The van der Waals surface area contributed by atoms with E-state index in [0.717, 1.165) is 5.56 Å². The van der Waals surface area contributed by atoms with Gasteiger partial charge in [0.25, 0.3) is 0 Å². The van der Waals surface area contributed by atoms with Crippen LogP contribution in [0.15, 0.2) is 27.7 Å². The van der Waals surface area contributed by atoms with E-state index in [2.05, 4.69) is 25.8 Å². The molecule has 0 saturated carbocycles. The summed E-state index contributed by atoms with van der Waals surface area (Å²) in [6.45, 7) is 6.89. The van der Waals surface area contributed by atoms with E-state index in [1.54, 1.807) is 20.0 Å². The second-order valence-electron chi connectivity index (χ2n) is 5.89. The molecule has 0 aliphatic rings. The van der Waals surface area contributed by atoms with Crippen molar-refractivity contribution in [3.05, 3.63) is 46.9 Å². The summed E-state index contributed by atoms with van der Waals surface area (Å²) in [5.41, 5.74) is 1.50. The maximum atomic E-state index is 13.5. The first-order chi connectivity index (χ1) is 11.5. The smallest absolute Gasteiger partial charge is 0.228 e. The van der Waals surface area contributed by atoms with E-state index in [-0.39, 0.29) is 35.7 Å². The lowest BCUT2D eigenvalue weighted by Crippen LogP contribution is -2.37. The van der Waals surface area contributed by atoms with E-state index < -0.39 is 0 Å². The SMILES string of the molecule is CN=C(NCCc1nc(C(C)C)no1)NCc1ccc(C)c(F)c1.I. The topological polar surface area (TPSA) is 75.3 Å². The van der Waals surface area contributed by atoms with Crippen molar-refractivity contribution >= 4 is 29.9 Å². The number of hydrogen-bond acceptors (Lipinski definition) is 4. The Morgan fingerprint density at radius 3 is 2.68 bits per heavy atom. The van der Waals surface area contributed by atoms with Gasteiger partial charge in [0.2, 0.25) is 5.89 Å². The Hall–Kier alpha value is -1.71. The number of guanidine groups is 1. The summed E-state index contributed by atoms with van der Waals surface area (Å²) in [5.74, 6) is 2.00. The van der Waals surface area contributed by atoms with Crippen LogP contribution in [0.4, 0.5) is 4.39 Å². The second-order valence-corrected chi connectivity index (χ2v) is 5.89. The molecule has 0 aliphatic heterocycles. The van der Waals surface area contributed by atoms with Crippen LogP contribution in [-0.4, -0.2) is 29.7 Å². The number of aryl methyl sites for hydroxylation is 1. The molecule has 1 aromatic heterocycles. The number of nitrogens with one attached hydrogen (secondary N) is 2. The lowest BCUT2D eigenvalue weighted by atomic mass is 10.1. The maximum Gasteiger partial charge on any atom is 0.228 e. The van der Waals surface area contributed by atoms with Crippen LogP contribution in [0, 0.1) is 12.7 Å². The van der Waals surface area contributed by atoms with Crippen molar-refractivity contribution in [1.82, 2.24) is 20.8 Å². The second kappa shape index (κ2) is 10.3. The molecule has 6 nitrogen and oxygen atoms in total. The molecule has 1 heterocycles. The van der Waals surface area contributed by atoms with Gasteiger partial charge in [0.1, 0.15) is 5.82 Å². The first kappa shape index (κ1) is 21.3. The molecule has 8 heteroatoms. The predicted octanol–water partition coefficient (Wildman–Crippen LogP) is 3.17. The van der Waals surface area contributed by atoms with Gasteiger partial charge in [-0.25, -0.2) is 4.39 Å². The molecule has 138 valence electrons. The molecule has 0 spiro atoms. The average Bonchev–Trinajstić information content (AvgIpc) is 3.03. The number of aromatic nitrogens is 2. The Kier molecular flexibility index (Phi) is 8.81. The summed E-state index contributed by atoms with van der Waals surface area (Å²) in [4.78, 5) is 8.47. The monoisotopic (exact) mass is 461 g/mol. The highest BCUT2D eigenvalue weighted by Crippen LogP contribution is 2.10. The molecule has 0 fully saturated rings. The minimum absolute atomic E-state index is 0. The van der Waals surface area contributed by atoms with Crippen LogP contribution in [0.3, 0.4) is 0 Å². The third kappa shape index (κ3) is 6.60. The van der Waals surface area contributed by atoms with Crippen molar-refractivity contribution in [1.29, 1.82) is 0 Å². The van der Waals surface area contributed by atoms with E-state index in [9.17, 15) is 4.39 Å². The van der Waals surface area contributed by atoms with E-state index in [1.807, 2.05) is 19.9 Å². The van der Waals surface area contributed by atoms with Crippen LogP contribution in [0.5, 0.6) is 0 Å². The molecule has 25 heavy (non-hydrogen) atoms. The van der Waals surface area contributed by atoms with Gasteiger partial charge < -0.3 is 15.2 Å². The zero-order valence-corrected chi connectivity index (χ0v) is 17.3. The molecule has 0 atom stereocenters. The van der Waals surface area contributed by atoms with E-state index >= 15 is 0 Å². The van der Waals surface area contributed by atoms with Crippen LogP contribution in [0.2, 0.25) is 0 Å². The molecule has 0 amide bonds. The summed E-state index contributed by atoms with van der Waals surface area (Å²) in [6, 6.07) is 5.19. The van der Waals surface area contributed by atoms with Crippen molar-refractivity contribution in [3.63, 3.8) is 0 Å². The normalized spacial score (nSPS) is 11.4. The summed E-state index contributed by atoms with van der Waals surface area (Å²) < 4.78 is 18.7. The molecule has 2 aromatic rings. The maximum absolute atomic E-state index is 13.5. The van der Waals surface area contributed by atoms with Crippen molar-refractivity contribution in [2.75, 3.05) is 13.6 Å². The predicted molar refractivity (Wildman–Crippen MR) is 107 cm³/mol. The Labute approximate surface area is 164 Å². The molecule has 0 aliphatic carbocycles. The molecule has 0 radical (unpaired) electrons. The van der Waals surface area contributed by atoms with Gasteiger partial charge >= 0.3 is 0 Å². The molecule has 0 unspecified atom stereocenters. The molecule has 2 N–H and O–H groups in total. The lowest BCUT2D eigenvalue weighted by Gasteiger charge is -2.11. The standard InChI is InChI=1S/C17H24FN5O.HI/c1-11(2)16-22-15(24-23-16)7-8-20-17(19-4)21-10-13-6-5-12(3)14(18)9-13;/h5-6,9,11H,7-8,10H2,1-4H3,(H2,19,20,21);1H. The van der Waals surface area contributed by atoms with Crippen molar-refractivity contribution < 1.29 is 8.91 Å². The summed E-state index contributed by atoms with van der Waals surface area (Å²) >= 11 is 0. The highest BCUT2D eigenvalue weighted by Gasteiger charge is 2.09. The van der Waals surface area contributed by atoms with Gasteiger partial charge in [0, 0.05) is 32.5 Å². The fraction of sp³-hybridized carbons (Fsp3) is 0.471. The third-order valence-electron chi connectivity index (χ3n) is 3.55. The highest BCUT2D eigenvalue weighted by atomic mass is 127. The van der Waals surface area contributed by atoms with E-state index in [0.29, 0.717) is 42.7 Å². The van der Waals surface area contributed by atoms with Crippen LogP contribution in [0.25, 0.3) is 0 Å². The molecular weight excluding hydrogens is 436 g/mol. The van der Waals surface area contributed by atoms with Crippen LogP contribution in [-0.2, 0) is 13.0 Å². The number of hydrogen-bond donors (Lipinski definition) is 2. The van der Waals surface area contributed by atoms with Crippen molar-refractivity contribution in [2.45, 2.75) is 39.7 Å². The Bertz CT molecular complexity index is 702. The number of halogens is 2. The average molecular weight is 461 g/mol. The first-order valence-electron chi connectivity index (χ1n) is 8.01. The van der Waals surface area contributed by atoms with Gasteiger partial charge in [-0.05, 0) is 24.1 Å². The zero-order valence-electron chi connectivity index (χ0n) is 15.0. The Morgan fingerprint density at radius 1 is 1.32 bits per heavy atom. The molecule has 0 saturated heterocycles. The number of benzene rings is 1. The quantitative estimate of drug-likeness (QED) is 0.393. The zero-order chi connectivity index (χ0) is 17.5. The van der Waals surface area contributed by atoms with Gasteiger partial charge in [-0.3, -0.25) is 4.99 Å². The van der Waals surface area contributed by atoms with E-state index in [4.69, 9.17) is 4.52 Å². The van der Waals surface area contributed by atoms with Crippen molar-refractivity contribution in [2.24, 2.45) is 4.99 Å². The molecule has 0 bridgehead atoms. The minimum atomic E-state index is -0.199. The van der Waals surface area contributed by atoms with Crippen molar-refractivity contribution in [3.8, 4) is 0 Å². The third-order valence-corrected chi connectivity index (χ3v) is 3.55. The number of aliphatic imine (C=N–C) groups is 1. The Balaban J connectivity index is 0.00000312. The molecule has 2 rings (SSSR count). The molecule has 1 aromatic carbocycles. The summed E-state index contributed by atoms with van der Waals surface area (Å²) in [5, 5.41) is 10.2. The fourth-order valence-electron chi connectivity index (χ4n) is 2.04. The minimum Gasteiger partial charge on any atom is -0.356 e. The lowest BCUT2D eigenvalue weighted by molar-refractivity contribution is 0.371. The van der Waals surface area contributed by atoms with Gasteiger partial charge in [-0.2, -0.15) is 4.98 Å². The van der Waals surface area contributed by atoms with Gasteiger partial charge in [-0.1, -0.05) is 31.1 Å². The molecular formula is C17H25FIN5O. The van der Waals surface area contributed by atoms with Crippen LogP contribution >= 0.6 is 24.0 Å². The van der Waals surface area contributed by atoms with E-state index in [1.165, 1.54) is 6.07 Å². The van der Waals surface area contributed by atoms with Crippen LogP contribution in [0.1, 0.15) is 42.6 Å². The highest BCUT2D eigenvalue weighted by molar-refractivity contribution is 14.0. The largest absolute Gasteiger partial charge is 0.356 e.